The minimum atomic E-state index is -1.18. The first-order valence-corrected chi connectivity index (χ1v) is 9.18. The molecule has 0 aliphatic heterocycles. The summed E-state index contributed by atoms with van der Waals surface area (Å²) >= 11 is 0. The zero-order valence-corrected chi connectivity index (χ0v) is 16.6. The molecule has 0 atom stereocenters. The average Bonchev–Trinajstić information content (AvgIpc) is 2.71. The number of nitrogens with zero attached hydrogens (tertiary/aromatic N) is 1. The first kappa shape index (κ1) is 20.5. The molecule has 1 amide bonds. The quantitative estimate of drug-likeness (QED) is 0.624. The van der Waals surface area contributed by atoms with E-state index in [1.165, 1.54) is 12.1 Å². The smallest absolute Gasteiger partial charge is 0.268 e. The van der Waals surface area contributed by atoms with E-state index in [0.717, 1.165) is 22.9 Å². The van der Waals surface area contributed by atoms with Gasteiger partial charge in [0.1, 0.15) is 5.82 Å². The number of rotatable bonds is 7. The van der Waals surface area contributed by atoms with Crippen LogP contribution in [0.3, 0.4) is 0 Å². The number of carbonyl (C=O) groups is 1. The molecular formula is C23H23FN2O3. The van der Waals surface area contributed by atoms with Gasteiger partial charge >= 0.3 is 0 Å². The van der Waals surface area contributed by atoms with Gasteiger partial charge in [-0.2, -0.15) is 0 Å². The first-order valence-electron chi connectivity index (χ1n) is 9.18. The Bertz CT molecular complexity index is 953. The Labute approximate surface area is 169 Å². The predicted molar refractivity (Wildman–Crippen MR) is 110 cm³/mol. The van der Waals surface area contributed by atoms with Crippen LogP contribution in [0, 0.1) is 5.82 Å². The molecule has 0 spiro atoms. The highest BCUT2D eigenvalue weighted by atomic mass is 19.1. The van der Waals surface area contributed by atoms with Gasteiger partial charge in [-0.15, -0.1) is 0 Å². The number of anilines is 1. The normalized spacial score (nSPS) is 11.2. The van der Waals surface area contributed by atoms with Crippen molar-refractivity contribution >= 4 is 11.6 Å². The van der Waals surface area contributed by atoms with Crippen molar-refractivity contribution in [1.29, 1.82) is 0 Å². The lowest BCUT2D eigenvalue weighted by Gasteiger charge is -2.24. The number of methoxy groups -OCH3 is 1. The van der Waals surface area contributed by atoms with Gasteiger partial charge in [0.25, 0.3) is 5.91 Å². The van der Waals surface area contributed by atoms with E-state index in [1.807, 2.05) is 48.5 Å². The van der Waals surface area contributed by atoms with Gasteiger partial charge < -0.3 is 14.8 Å². The minimum absolute atomic E-state index is 0.179. The highest BCUT2D eigenvalue weighted by molar-refractivity contribution is 5.97. The van der Waals surface area contributed by atoms with Gasteiger partial charge in [0, 0.05) is 18.9 Å². The Morgan fingerprint density at radius 3 is 2.17 bits per heavy atom. The van der Waals surface area contributed by atoms with Crippen LogP contribution in [-0.2, 0) is 16.1 Å². The lowest BCUT2D eigenvalue weighted by atomic mass is 10.0. The number of ether oxygens (including phenoxy) is 2. The van der Waals surface area contributed by atoms with Crippen molar-refractivity contribution in [3.63, 3.8) is 0 Å². The Morgan fingerprint density at radius 1 is 1.00 bits per heavy atom. The number of nitrogens with one attached hydrogen (secondary N) is 1. The third-order valence-electron chi connectivity index (χ3n) is 4.35. The number of hydrogen-bond donors (Lipinski definition) is 1. The Kier molecular flexibility index (Phi) is 6.24. The fourth-order valence-corrected chi connectivity index (χ4v) is 2.72. The van der Waals surface area contributed by atoms with Crippen LogP contribution in [0.15, 0.2) is 66.9 Å². The molecule has 3 aromatic rings. The van der Waals surface area contributed by atoms with E-state index < -0.39 is 11.4 Å². The SMILES string of the molecule is COCc1ccc(-c2ccc(NC(=O)C(C)(C)Oc3ccc(F)cn3)cc2)cc1. The molecule has 1 heterocycles. The molecule has 6 heteroatoms. The predicted octanol–water partition coefficient (Wildman–Crippen LogP) is 4.83. The molecule has 0 saturated carbocycles. The van der Waals surface area contributed by atoms with Crippen LogP contribution in [0.25, 0.3) is 11.1 Å². The van der Waals surface area contributed by atoms with Crippen LogP contribution < -0.4 is 10.1 Å². The van der Waals surface area contributed by atoms with Crippen LogP contribution >= 0.6 is 0 Å². The average molecular weight is 394 g/mol. The Hall–Kier alpha value is -3.25. The molecule has 0 saturated heterocycles. The van der Waals surface area contributed by atoms with E-state index in [0.29, 0.717) is 12.3 Å². The monoisotopic (exact) mass is 394 g/mol. The van der Waals surface area contributed by atoms with Gasteiger partial charge in [0.15, 0.2) is 5.60 Å². The van der Waals surface area contributed by atoms with Crippen molar-refractivity contribution in [2.24, 2.45) is 0 Å². The molecule has 0 aliphatic rings. The fourth-order valence-electron chi connectivity index (χ4n) is 2.72. The molecule has 0 bridgehead atoms. The molecule has 3 rings (SSSR count). The number of amides is 1. The number of carbonyl (C=O) groups excluding carboxylic acids is 1. The summed E-state index contributed by atoms with van der Waals surface area (Å²) in [6.07, 6.45) is 1.05. The maximum absolute atomic E-state index is 13.0. The van der Waals surface area contributed by atoms with Crippen molar-refractivity contribution < 1.29 is 18.7 Å². The summed E-state index contributed by atoms with van der Waals surface area (Å²) < 4.78 is 23.7. The van der Waals surface area contributed by atoms with Crippen LogP contribution in [0.5, 0.6) is 5.88 Å². The third kappa shape index (κ3) is 5.39. The summed E-state index contributed by atoms with van der Waals surface area (Å²) in [6.45, 7) is 3.84. The lowest BCUT2D eigenvalue weighted by molar-refractivity contribution is -0.128. The molecule has 29 heavy (non-hydrogen) atoms. The maximum Gasteiger partial charge on any atom is 0.268 e. The fraction of sp³-hybridized carbons (Fsp3) is 0.217. The molecule has 1 N–H and O–H groups in total. The number of halogens is 1. The molecule has 0 unspecified atom stereocenters. The standard InChI is InChI=1S/C23H23FN2O3/c1-23(2,29-21-13-10-19(24)14-25-21)22(27)26-20-11-8-18(9-12-20)17-6-4-16(5-7-17)15-28-3/h4-14H,15H2,1-3H3,(H,26,27). The van der Waals surface area contributed by atoms with Gasteiger partial charge in [-0.25, -0.2) is 9.37 Å². The lowest BCUT2D eigenvalue weighted by Crippen LogP contribution is -2.42. The third-order valence-corrected chi connectivity index (χ3v) is 4.35. The summed E-state index contributed by atoms with van der Waals surface area (Å²) in [7, 11) is 1.67. The number of pyridine rings is 1. The number of hydrogen-bond acceptors (Lipinski definition) is 4. The van der Waals surface area contributed by atoms with Crippen molar-refractivity contribution in [1.82, 2.24) is 4.98 Å². The Balaban J connectivity index is 1.65. The summed E-state index contributed by atoms with van der Waals surface area (Å²) in [5.41, 5.74) is 2.70. The Morgan fingerprint density at radius 2 is 1.62 bits per heavy atom. The van der Waals surface area contributed by atoms with Crippen molar-refractivity contribution in [2.75, 3.05) is 12.4 Å². The van der Waals surface area contributed by atoms with Gasteiger partial charge in [0.2, 0.25) is 5.88 Å². The summed E-state index contributed by atoms with van der Waals surface area (Å²) in [6, 6.07) is 18.3. The molecule has 5 nitrogen and oxygen atoms in total. The van der Waals surface area contributed by atoms with Crippen LogP contribution in [0.2, 0.25) is 0 Å². The molecule has 0 aliphatic carbocycles. The van der Waals surface area contributed by atoms with Gasteiger partial charge in [-0.1, -0.05) is 36.4 Å². The number of aromatic nitrogens is 1. The second-order valence-corrected chi connectivity index (χ2v) is 7.09. The molecule has 2 aromatic carbocycles. The second kappa shape index (κ2) is 8.84. The highest BCUT2D eigenvalue weighted by Gasteiger charge is 2.30. The van der Waals surface area contributed by atoms with E-state index in [1.54, 1.807) is 21.0 Å². The topological polar surface area (TPSA) is 60.5 Å². The molecular weight excluding hydrogens is 371 g/mol. The van der Waals surface area contributed by atoms with E-state index in [2.05, 4.69) is 10.3 Å². The van der Waals surface area contributed by atoms with Crippen LogP contribution in [0.4, 0.5) is 10.1 Å². The van der Waals surface area contributed by atoms with E-state index >= 15 is 0 Å². The van der Waals surface area contributed by atoms with Crippen molar-refractivity contribution in [3.05, 3.63) is 78.2 Å². The zero-order valence-electron chi connectivity index (χ0n) is 16.6. The van der Waals surface area contributed by atoms with Crippen molar-refractivity contribution in [2.45, 2.75) is 26.1 Å². The second-order valence-electron chi connectivity index (χ2n) is 7.09. The summed E-state index contributed by atoms with van der Waals surface area (Å²) in [5, 5.41) is 2.84. The highest BCUT2D eigenvalue weighted by Crippen LogP contribution is 2.23. The largest absolute Gasteiger partial charge is 0.462 e. The molecule has 0 radical (unpaired) electrons. The molecule has 150 valence electrons. The molecule has 1 aromatic heterocycles. The van der Waals surface area contributed by atoms with Crippen LogP contribution in [0.1, 0.15) is 19.4 Å². The van der Waals surface area contributed by atoms with Crippen LogP contribution in [-0.4, -0.2) is 23.6 Å². The van der Waals surface area contributed by atoms with E-state index in [4.69, 9.17) is 9.47 Å². The van der Waals surface area contributed by atoms with Gasteiger partial charge in [-0.05, 0) is 48.7 Å². The van der Waals surface area contributed by atoms with Gasteiger partial charge in [0.05, 0.1) is 12.8 Å². The molecule has 0 fully saturated rings. The van der Waals surface area contributed by atoms with Gasteiger partial charge in [-0.3, -0.25) is 4.79 Å². The van der Waals surface area contributed by atoms with E-state index in [9.17, 15) is 9.18 Å². The summed E-state index contributed by atoms with van der Waals surface area (Å²) in [5.74, 6) is -0.618. The maximum atomic E-state index is 13.0. The summed E-state index contributed by atoms with van der Waals surface area (Å²) in [4.78, 5) is 16.4. The van der Waals surface area contributed by atoms with E-state index in [-0.39, 0.29) is 11.8 Å². The first-order chi connectivity index (χ1) is 13.9. The number of benzene rings is 2. The van der Waals surface area contributed by atoms with Crippen molar-refractivity contribution in [3.8, 4) is 17.0 Å². The zero-order chi connectivity index (χ0) is 20.9. The minimum Gasteiger partial charge on any atom is -0.462 e.